The molecule has 0 saturated carbocycles. The van der Waals surface area contributed by atoms with Crippen molar-refractivity contribution in [3.8, 4) is 0 Å². The van der Waals surface area contributed by atoms with Gasteiger partial charge in [0.05, 0.1) is 36.6 Å². The Kier molecular flexibility index (Phi) is 10.1. The molecule has 4 aliphatic heterocycles. The Labute approximate surface area is 281 Å². The molecule has 10 nitrogen and oxygen atoms in total. The van der Waals surface area contributed by atoms with Gasteiger partial charge >= 0.3 is 5.97 Å². The lowest BCUT2D eigenvalue weighted by Crippen LogP contribution is -2.59. The van der Waals surface area contributed by atoms with E-state index in [0.717, 1.165) is 24.0 Å². The second-order valence-corrected chi connectivity index (χ2v) is 13.3. The molecular formula is C38H45N3O7. The highest BCUT2D eigenvalue weighted by Crippen LogP contribution is 2.53. The molecule has 4 heterocycles. The molecule has 4 aliphatic rings. The number of aliphatic hydroxyl groups is 1. The number of carbonyl (C=O) groups excluding carboxylic acids is 4. The summed E-state index contributed by atoms with van der Waals surface area (Å²) < 4.78 is 12.4. The Morgan fingerprint density at radius 2 is 1.73 bits per heavy atom. The van der Waals surface area contributed by atoms with Crippen molar-refractivity contribution >= 4 is 23.7 Å². The number of aliphatic hydroxyl groups excluding tert-OH is 1. The maximum Gasteiger partial charge on any atom is 0.306 e. The van der Waals surface area contributed by atoms with Crippen LogP contribution in [0.4, 0.5) is 0 Å². The number of fused-ring (bicyclic) bond motifs is 2. The van der Waals surface area contributed by atoms with Crippen molar-refractivity contribution in [2.75, 3.05) is 19.8 Å². The summed E-state index contributed by atoms with van der Waals surface area (Å²) in [5.41, 5.74) is 0.209. The molecule has 1 spiro atoms. The minimum atomic E-state index is -1.45. The number of nitrogens with zero attached hydrogens (tertiary/aromatic N) is 2. The monoisotopic (exact) mass is 655 g/mol. The highest BCUT2D eigenvalue weighted by atomic mass is 16.5. The average Bonchev–Trinajstić information content (AvgIpc) is 3.48. The van der Waals surface area contributed by atoms with Crippen LogP contribution in [0.15, 0.2) is 85.0 Å². The molecule has 0 bridgehead atoms. The first kappa shape index (κ1) is 33.6. The number of allylic oxidation sites excluding steroid dienone is 1. The van der Waals surface area contributed by atoms with E-state index < -0.39 is 53.5 Å². The molecule has 48 heavy (non-hydrogen) atoms. The van der Waals surface area contributed by atoms with E-state index in [1.165, 1.54) is 4.90 Å². The molecule has 2 saturated heterocycles. The van der Waals surface area contributed by atoms with Gasteiger partial charge in [-0.3, -0.25) is 19.2 Å². The van der Waals surface area contributed by atoms with Gasteiger partial charge in [0.1, 0.15) is 18.2 Å². The Bertz CT molecular complexity index is 1550. The fourth-order valence-corrected chi connectivity index (χ4v) is 7.90. The third-order valence-corrected chi connectivity index (χ3v) is 10.2. The molecule has 3 amide bonds. The van der Waals surface area contributed by atoms with Gasteiger partial charge in [-0.05, 0) is 37.3 Å². The average molecular weight is 656 g/mol. The molecule has 2 aromatic rings. The zero-order valence-electron chi connectivity index (χ0n) is 27.6. The van der Waals surface area contributed by atoms with Crippen molar-refractivity contribution in [2.45, 2.75) is 81.8 Å². The quantitative estimate of drug-likeness (QED) is 0.330. The first-order chi connectivity index (χ1) is 23.3. The number of esters is 1. The number of nitrogens with one attached hydrogen (secondary N) is 1. The maximum atomic E-state index is 14.9. The molecule has 2 aromatic carbocycles. The number of ether oxygens (including phenoxy) is 2. The van der Waals surface area contributed by atoms with Gasteiger partial charge < -0.3 is 29.7 Å². The molecule has 1 unspecified atom stereocenters. The lowest BCUT2D eigenvalue weighted by atomic mass is 9.77. The van der Waals surface area contributed by atoms with Gasteiger partial charge in [-0.1, -0.05) is 98.3 Å². The molecule has 0 radical (unpaired) electrons. The summed E-state index contributed by atoms with van der Waals surface area (Å²) in [7, 11) is 0. The Hall–Kier alpha value is -4.28. The fourth-order valence-electron chi connectivity index (χ4n) is 7.90. The normalized spacial score (nSPS) is 30.9. The summed E-state index contributed by atoms with van der Waals surface area (Å²) >= 11 is 0. The molecule has 2 fully saturated rings. The van der Waals surface area contributed by atoms with Gasteiger partial charge in [0.2, 0.25) is 17.7 Å². The summed E-state index contributed by atoms with van der Waals surface area (Å²) in [6.45, 7) is 3.97. The maximum absolute atomic E-state index is 14.9. The van der Waals surface area contributed by atoms with Gasteiger partial charge in [0.25, 0.3) is 0 Å². The van der Waals surface area contributed by atoms with E-state index in [0.29, 0.717) is 19.4 Å². The summed E-state index contributed by atoms with van der Waals surface area (Å²) in [4.78, 5) is 60.0. The number of hydrogen-bond donors (Lipinski definition) is 2. The van der Waals surface area contributed by atoms with Crippen LogP contribution in [0.2, 0.25) is 0 Å². The Morgan fingerprint density at radius 1 is 1.00 bits per heavy atom. The predicted molar refractivity (Wildman–Crippen MR) is 178 cm³/mol. The lowest BCUT2D eigenvalue weighted by Gasteiger charge is -2.40. The van der Waals surface area contributed by atoms with E-state index in [4.69, 9.17) is 9.47 Å². The Morgan fingerprint density at radius 3 is 2.44 bits per heavy atom. The number of benzene rings is 2. The molecule has 8 atom stereocenters. The Balaban J connectivity index is 1.45. The van der Waals surface area contributed by atoms with Crippen LogP contribution < -0.4 is 5.32 Å². The van der Waals surface area contributed by atoms with Crippen LogP contribution in [-0.2, 0) is 35.1 Å². The van der Waals surface area contributed by atoms with Crippen molar-refractivity contribution in [1.29, 1.82) is 0 Å². The highest BCUT2D eigenvalue weighted by Gasteiger charge is 2.72. The zero-order chi connectivity index (χ0) is 33.8. The molecule has 10 heteroatoms. The minimum absolute atomic E-state index is 0.0681. The van der Waals surface area contributed by atoms with E-state index in [9.17, 15) is 24.3 Å². The van der Waals surface area contributed by atoms with Crippen LogP contribution >= 0.6 is 0 Å². The summed E-state index contributed by atoms with van der Waals surface area (Å²) in [6.07, 6.45) is 8.88. The van der Waals surface area contributed by atoms with Gasteiger partial charge in [0.15, 0.2) is 0 Å². The third-order valence-electron chi connectivity index (χ3n) is 10.2. The summed E-state index contributed by atoms with van der Waals surface area (Å²) in [6, 6.07) is 16.2. The van der Waals surface area contributed by atoms with Crippen LogP contribution in [-0.4, -0.2) is 88.2 Å². The second-order valence-electron chi connectivity index (χ2n) is 13.3. The molecular weight excluding hydrogens is 610 g/mol. The van der Waals surface area contributed by atoms with Gasteiger partial charge in [-0.15, -0.1) is 0 Å². The van der Waals surface area contributed by atoms with Crippen molar-refractivity contribution in [3.63, 3.8) is 0 Å². The molecule has 0 aliphatic carbocycles. The largest absolute Gasteiger partial charge is 0.463 e. The number of likely N-dealkylation sites (tertiary alicyclic amines) is 1. The second kappa shape index (κ2) is 14.5. The van der Waals surface area contributed by atoms with E-state index >= 15 is 0 Å². The number of amides is 3. The molecule has 0 aromatic heterocycles. The van der Waals surface area contributed by atoms with Crippen molar-refractivity contribution < 1.29 is 33.8 Å². The van der Waals surface area contributed by atoms with Crippen LogP contribution in [0, 0.1) is 11.8 Å². The van der Waals surface area contributed by atoms with Crippen LogP contribution in [0.1, 0.15) is 56.7 Å². The van der Waals surface area contributed by atoms with Gasteiger partial charge in [-0.2, -0.15) is 0 Å². The van der Waals surface area contributed by atoms with E-state index in [1.807, 2.05) is 79.7 Å². The molecule has 2 N–H and O–H groups in total. The van der Waals surface area contributed by atoms with Crippen molar-refractivity contribution in [1.82, 2.24) is 15.1 Å². The molecule has 6 rings (SSSR count). The highest BCUT2D eigenvalue weighted by molar-refractivity contribution is 6.00. The van der Waals surface area contributed by atoms with Crippen LogP contribution in [0.25, 0.3) is 0 Å². The van der Waals surface area contributed by atoms with E-state index in [1.54, 1.807) is 17.1 Å². The van der Waals surface area contributed by atoms with Crippen molar-refractivity contribution in [3.05, 3.63) is 96.1 Å². The predicted octanol–water partition coefficient (Wildman–Crippen LogP) is 3.51. The SMILES string of the molecule is CCCC(C)N1CC=C[C@]23O[C@@H]4/C=C\CCC(=O)OC[C@@H](c5ccccc5)NC(=O)[C@@H]4[C@H]2C(=O)N([C@@H](CO)Cc2ccccc2)[C@@H]3C1=O. The fraction of sp³-hybridized carbons (Fsp3) is 0.474. The molecule has 254 valence electrons. The summed E-state index contributed by atoms with van der Waals surface area (Å²) in [5, 5.41) is 13.9. The number of carbonyl (C=O) groups is 4. The van der Waals surface area contributed by atoms with Crippen molar-refractivity contribution in [2.24, 2.45) is 11.8 Å². The van der Waals surface area contributed by atoms with Gasteiger partial charge in [-0.25, -0.2) is 0 Å². The first-order valence-corrected chi connectivity index (χ1v) is 17.1. The zero-order valence-corrected chi connectivity index (χ0v) is 27.6. The minimum Gasteiger partial charge on any atom is -0.463 e. The van der Waals surface area contributed by atoms with Crippen LogP contribution in [0.5, 0.6) is 0 Å². The van der Waals surface area contributed by atoms with E-state index in [2.05, 4.69) is 12.2 Å². The first-order valence-electron chi connectivity index (χ1n) is 17.1. The number of cyclic esters (lactones) is 1. The number of rotatable bonds is 8. The lowest BCUT2D eigenvalue weighted by molar-refractivity contribution is -0.152. The van der Waals surface area contributed by atoms with E-state index in [-0.39, 0.29) is 37.6 Å². The standard InChI is InChI=1S/C38H45N3O7/c1-3-13-25(2)40-21-12-20-38-33(36(45)41(34(38)37(40)46)28(23-42)22-26-14-6-4-7-15-26)32-30(48-38)18-10-11-19-31(43)47-24-29(39-35(32)44)27-16-8-5-9-17-27/h4-10,12,14-18,20,25,28-30,32-34,42H,3,11,13,19,21-24H2,1-2H3,(H,39,44)/b18-10-/t25?,28-,29+,30-,32+,33+,34-,38+/m1/s1. The smallest absolute Gasteiger partial charge is 0.306 e. The third kappa shape index (κ3) is 6.31. The summed E-state index contributed by atoms with van der Waals surface area (Å²) in [5.74, 6) is -3.50. The van der Waals surface area contributed by atoms with Crippen LogP contribution in [0.3, 0.4) is 0 Å². The topological polar surface area (TPSA) is 125 Å². The number of hydrogen-bond acceptors (Lipinski definition) is 7. The van der Waals surface area contributed by atoms with Gasteiger partial charge in [0, 0.05) is 19.0 Å².